The number of hydrogen-bond donors (Lipinski definition) is 2. The van der Waals surface area contributed by atoms with Crippen LogP contribution in [-0.2, 0) is 14.2 Å². The van der Waals surface area contributed by atoms with Crippen LogP contribution in [0.15, 0.2) is 42.6 Å². The van der Waals surface area contributed by atoms with E-state index in [0.717, 1.165) is 43.4 Å². The van der Waals surface area contributed by atoms with Crippen LogP contribution in [0.2, 0.25) is 0 Å². The number of allylic oxidation sites excluding steroid dienone is 2. The zero-order valence-electron chi connectivity index (χ0n) is 22.6. The number of carbonyl (C=O) groups excluding carboxylic acids is 1. The molecule has 1 unspecified atom stereocenters. The molecule has 1 aliphatic carbocycles. The van der Waals surface area contributed by atoms with Gasteiger partial charge in [-0.05, 0) is 66.7 Å². The first-order chi connectivity index (χ1) is 18.2. The first-order valence-corrected chi connectivity index (χ1v) is 13.2. The van der Waals surface area contributed by atoms with Gasteiger partial charge >= 0.3 is 0 Å². The van der Waals surface area contributed by atoms with Crippen LogP contribution in [0.5, 0.6) is 0 Å². The molecule has 3 heterocycles. The Balaban J connectivity index is 1.49. The fourth-order valence-corrected chi connectivity index (χ4v) is 6.09. The zero-order valence-corrected chi connectivity index (χ0v) is 22.6. The van der Waals surface area contributed by atoms with Crippen molar-refractivity contribution in [3.05, 3.63) is 65.3 Å². The normalized spacial score (nSPS) is 27.6. The molecule has 1 aromatic carbocycles. The lowest BCUT2D eigenvalue weighted by Crippen LogP contribution is -2.49. The highest BCUT2D eigenvalue weighted by Gasteiger charge is 2.52. The van der Waals surface area contributed by atoms with Gasteiger partial charge in [0.15, 0.2) is 5.82 Å². The lowest BCUT2D eigenvalue weighted by molar-refractivity contribution is -0.171. The van der Waals surface area contributed by atoms with Crippen molar-refractivity contribution in [1.29, 1.82) is 5.26 Å². The molecule has 1 aromatic heterocycles. The molecule has 2 aromatic rings. The minimum atomic E-state index is -0.477. The van der Waals surface area contributed by atoms with Gasteiger partial charge in [0.05, 0.1) is 19.4 Å². The fourth-order valence-electron chi connectivity index (χ4n) is 6.09. The van der Waals surface area contributed by atoms with E-state index in [-0.39, 0.29) is 28.8 Å². The van der Waals surface area contributed by atoms with Crippen molar-refractivity contribution in [1.82, 2.24) is 9.97 Å². The van der Waals surface area contributed by atoms with Crippen LogP contribution in [0.3, 0.4) is 0 Å². The summed E-state index contributed by atoms with van der Waals surface area (Å²) in [6.45, 7) is 5.55. The molecule has 1 saturated heterocycles. The summed E-state index contributed by atoms with van der Waals surface area (Å²) in [7, 11) is 3.41. The summed E-state index contributed by atoms with van der Waals surface area (Å²) in [5.74, 6) is -0.0227. The second-order valence-corrected chi connectivity index (χ2v) is 11.7. The van der Waals surface area contributed by atoms with Gasteiger partial charge < -0.3 is 24.5 Å². The molecule has 2 N–H and O–H groups in total. The third-order valence-corrected chi connectivity index (χ3v) is 8.05. The molecule has 0 radical (unpaired) electrons. The van der Waals surface area contributed by atoms with Gasteiger partial charge in [0, 0.05) is 25.5 Å². The number of aromatic nitrogens is 2. The molecule has 8 heteroatoms. The molecule has 0 spiro atoms. The number of methoxy groups -OCH3 is 2. The van der Waals surface area contributed by atoms with Crippen molar-refractivity contribution >= 4 is 17.2 Å². The average Bonchev–Trinajstić information content (AvgIpc) is 3.47. The summed E-state index contributed by atoms with van der Waals surface area (Å²) in [4.78, 5) is 19.8. The number of hydrogen-bond acceptors (Lipinski definition) is 6. The molecule has 1 amide bonds. The standard InChI is InChI=1S/C30H36N4O4/c1-28(2)9-7-20(8-10-28)24-13-21(5-6-25(24)34-27(35)26-32-17-23(16-31)33-26)22-14-29(18-36-3)11-12-30(15-22,38-29)19-37-4/h5-7,11-13,17,22H,8-10,14-15,18-19H2,1-4H3,(H,32,33)(H,34,35)/t22?,29-,30+. The maximum absolute atomic E-state index is 13.0. The van der Waals surface area contributed by atoms with Crippen LogP contribution in [0.4, 0.5) is 5.69 Å². The average molecular weight is 517 g/mol. The van der Waals surface area contributed by atoms with Crippen molar-refractivity contribution < 1.29 is 19.0 Å². The summed E-state index contributed by atoms with van der Waals surface area (Å²) in [5.41, 5.74) is 3.78. The van der Waals surface area contributed by atoms with Gasteiger partial charge in [0.2, 0.25) is 0 Å². The van der Waals surface area contributed by atoms with E-state index in [4.69, 9.17) is 19.5 Å². The highest BCUT2D eigenvalue weighted by Crippen LogP contribution is 2.50. The van der Waals surface area contributed by atoms with Crippen molar-refractivity contribution in [2.45, 2.75) is 63.1 Å². The monoisotopic (exact) mass is 516 g/mol. The Morgan fingerprint density at radius 3 is 2.50 bits per heavy atom. The lowest BCUT2D eigenvalue weighted by atomic mass is 9.75. The molecule has 0 saturated carbocycles. The van der Waals surface area contributed by atoms with E-state index in [0.29, 0.717) is 13.2 Å². The molecular weight excluding hydrogens is 480 g/mol. The van der Waals surface area contributed by atoms with Crippen molar-refractivity contribution in [3.63, 3.8) is 0 Å². The second-order valence-electron chi connectivity index (χ2n) is 11.7. The Labute approximate surface area is 224 Å². The fraction of sp³-hybridized carbons (Fsp3) is 0.500. The highest BCUT2D eigenvalue weighted by molar-refractivity contribution is 6.03. The number of amides is 1. The number of carbonyl (C=O) groups is 1. The van der Waals surface area contributed by atoms with Crippen molar-refractivity contribution in [2.75, 3.05) is 32.8 Å². The Morgan fingerprint density at radius 2 is 1.92 bits per heavy atom. The van der Waals surface area contributed by atoms with E-state index in [1.54, 1.807) is 14.2 Å². The molecule has 3 atom stereocenters. The largest absolute Gasteiger partial charge is 0.381 e. The number of imidazole rings is 1. The molecular formula is C30H36N4O4. The number of fused-ring (bicyclic) bond motifs is 2. The topological polar surface area (TPSA) is 109 Å². The number of rotatable bonds is 8. The predicted molar refractivity (Wildman–Crippen MR) is 145 cm³/mol. The van der Waals surface area contributed by atoms with E-state index in [9.17, 15) is 4.79 Å². The highest BCUT2D eigenvalue weighted by atomic mass is 16.6. The van der Waals surface area contributed by atoms with Crippen LogP contribution in [0.1, 0.15) is 79.3 Å². The Bertz CT molecular complexity index is 1300. The minimum Gasteiger partial charge on any atom is -0.381 e. The van der Waals surface area contributed by atoms with Crippen LogP contribution in [-0.4, -0.2) is 54.5 Å². The number of nitrogens with zero attached hydrogens (tertiary/aromatic N) is 2. The summed E-state index contributed by atoms with van der Waals surface area (Å²) < 4.78 is 17.7. The van der Waals surface area contributed by atoms with Gasteiger partial charge in [-0.2, -0.15) is 5.26 Å². The Hall–Kier alpha value is -3.25. The molecule has 5 rings (SSSR count). The third kappa shape index (κ3) is 5.19. The molecule has 2 bridgehead atoms. The number of aromatic amines is 1. The number of H-pyrrole nitrogens is 1. The quantitative estimate of drug-likeness (QED) is 0.457. The van der Waals surface area contributed by atoms with Gasteiger partial charge in [0.1, 0.15) is 23.0 Å². The van der Waals surface area contributed by atoms with E-state index in [1.165, 1.54) is 17.3 Å². The van der Waals surface area contributed by atoms with E-state index >= 15 is 0 Å². The van der Waals surface area contributed by atoms with Gasteiger partial charge in [-0.1, -0.05) is 38.1 Å². The molecule has 1 fully saturated rings. The predicted octanol–water partition coefficient (Wildman–Crippen LogP) is 5.36. The van der Waals surface area contributed by atoms with Gasteiger partial charge in [-0.15, -0.1) is 0 Å². The van der Waals surface area contributed by atoms with Crippen molar-refractivity contribution in [2.24, 2.45) is 5.41 Å². The smallest absolute Gasteiger partial charge is 0.291 e. The molecule has 3 aliphatic rings. The summed E-state index contributed by atoms with van der Waals surface area (Å²) in [6, 6.07) is 8.31. The lowest BCUT2D eigenvalue weighted by Gasteiger charge is -2.44. The molecule has 200 valence electrons. The number of anilines is 1. The van der Waals surface area contributed by atoms with Crippen LogP contribution in [0.25, 0.3) is 5.57 Å². The van der Waals surface area contributed by atoms with Crippen LogP contribution < -0.4 is 5.32 Å². The first kappa shape index (κ1) is 26.4. The molecule has 8 nitrogen and oxygen atoms in total. The van der Waals surface area contributed by atoms with E-state index in [2.05, 4.69) is 59.5 Å². The number of nitriles is 1. The SMILES string of the molecule is COC[C@@]12C=C[C@@](COC)(CC(c3ccc(NC(=O)c4ncc(C#N)[nH]4)c(C4=CCC(C)(C)CC4)c3)C1)O2. The number of ether oxygens (including phenoxy) is 3. The van der Waals surface area contributed by atoms with Crippen LogP contribution >= 0.6 is 0 Å². The Kier molecular flexibility index (Phi) is 7.03. The first-order valence-electron chi connectivity index (χ1n) is 13.2. The molecule has 2 aliphatic heterocycles. The minimum absolute atomic E-state index is 0.116. The van der Waals surface area contributed by atoms with E-state index in [1.807, 2.05) is 12.1 Å². The third-order valence-electron chi connectivity index (χ3n) is 8.05. The van der Waals surface area contributed by atoms with Gasteiger partial charge in [-0.3, -0.25) is 4.79 Å². The van der Waals surface area contributed by atoms with Gasteiger partial charge in [-0.25, -0.2) is 4.98 Å². The van der Waals surface area contributed by atoms with Crippen molar-refractivity contribution in [3.8, 4) is 6.07 Å². The number of benzene rings is 1. The summed E-state index contributed by atoms with van der Waals surface area (Å²) in [5, 5.41) is 12.1. The number of nitrogens with one attached hydrogen (secondary N) is 2. The zero-order chi connectivity index (χ0) is 27.0. The maximum atomic E-state index is 13.0. The molecule has 38 heavy (non-hydrogen) atoms. The van der Waals surface area contributed by atoms with Gasteiger partial charge in [0.25, 0.3) is 5.91 Å². The van der Waals surface area contributed by atoms with Crippen LogP contribution in [0, 0.1) is 16.7 Å². The summed E-state index contributed by atoms with van der Waals surface area (Å²) >= 11 is 0. The maximum Gasteiger partial charge on any atom is 0.291 e. The summed E-state index contributed by atoms with van der Waals surface area (Å²) in [6.07, 6.45) is 12.6. The second kappa shape index (κ2) is 10.1. The van der Waals surface area contributed by atoms with E-state index < -0.39 is 11.2 Å². The Morgan fingerprint density at radius 1 is 1.21 bits per heavy atom.